The fraction of sp³-hybridized carbons (Fsp3) is 0.300. The molecule has 0 spiro atoms. The Morgan fingerprint density at radius 1 is 1.00 bits per heavy atom. The smallest absolute Gasteiger partial charge is 0.160 e. The third-order valence-electron chi connectivity index (χ3n) is 4.33. The molecule has 134 valence electrons. The summed E-state index contributed by atoms with van der Waals surface area (Å²) in [4.78, 5) is 0. The van der Waals surface area contributed by atoms with E-state index < -0.39 is 0 Å². The van der Waals surface area contributed by atoms with Gasteiger partial charge in [0.2, 0.25) is 0 Å². The molecule has 0 unspecified atom stereocenters. The number of methoxy groups -OCH3 is 2. The van der Waals surface area contributed by atoms with E-state index in [9.17, 15) is 0 Å². The fourth-order valence-electron chi connectivity index (χ4n) is 3.06. The molecular formula is C20H25ClN2O2. The van der Waals surface area contributed by atoms with Crippen LogP contribution < -0.4 is 14.8 Å². The molecule has 0 fully saturated rings. The van der Waals surface area contributed by atoms with Gasteiger partial charge in [0.05, 0.1) is 14.2 Å². The van der Waals surface area contributed by atoms with E-state index in [2.05, 4.69) is 53.5 Å². The zero-order chi connectivity index (χ0) is 16.9. The number of rotatable bonds is 7. The first-order chi connectivity index (χ1) is 11.7. The highest BCUT2D eigenvalue weighted by molar-refractivity contribution is 5.85. The van der Waals surface area contributed by atoms with Crippen LogP contribution in [0.4, 0.5) is 0 Å². The molecule has 0 saturated heterocycles. The van der Waals surface area contributed by atoms with Crippen LogP contribution in [0.2, 0.25) is 0 Å². The molecule has 0 radical (unpaired) electrons. The number of para-hydroxylation sites is 1. The largest absolute Gasteiger partial charge is 0.493 e. The van der Waals surface area contributed by atoms with Gasteiger partial charge >= 0.3 is 0 Å². The molecule has 0 aliphatic carbocycles. The summed E-state index contributed by atoms with van der Waals surface area (Å²) in [5.74, 6) is 1.55. The van der Waals surface area contributed by atoms with Crippen LogP contribution in [-0.4, -0.2) is 25.3 Å². The summed E-state index contributed by atoms with van der Waals surface area (Å²) in [5, 5.41) is 4.85. The molecule has 0 aliphatic rings. The summed E-state index contributed by atoms with van der Waals surface area (Å²) >= 11 is 0. The summed E-state index contributed by atoms with van der Waals surface area (Å²) in [5.41, 5.74) is 3.84. The highest BCUT2D eigenvalue weighted by Crippen LogP contribution is 2.27. The van der Waals surface area contributed by atoms with Crippen molar-refractivity contribution >= 4 is 23.3 Å². The summed E-state index contributed by atoms with van der Waals surface area (Å²) in [7, 11) is 5.42. The Labute approximate surface area is 155 Å². The van der Waals surface area contributed by atoms with Gasteiger partial charge in [-0.3, -0.25) is 0 Å². The Morgan fingerprint density at radius 2 is 1.76 bits per heavy atom. The highest BCUT2D eigenvalue weighted by atomic mass is 35.5. The third-order valence-corrected chi connectivity index (χ3v) is 4.33. The molecule has 3 aromatic rings. The van der Waals surface area contributed by atoms with Gasteiger partial charge in [0.1, 0.15) is 0 Å². The number of halogens is 1. The number of ether oxygens (including phenoxy) is 2. The van der Waals surface area contributed by atoms with Crippen molar-refractivity contribution in [2.45, 2.75) is 13.0 Å². The standard InChI is InChI=1S/C20H24N2O2.ClH/c1-22-14-16(17-6-4-5-7-18(17)22)13-21-11-10-15-8-9-19(23-2)20(12-15)24-3;/h4-9,12,14,21H,10-11,13H2,1-3H3;1H. The molecule has 4 nitrogen and oxygen atoms in total. The summed E-state index contributed by atoms with van der Waals surface area (Å²) in [6, 6.07) is 14.6. The molecular weight excluding hydrogens is 336 g/mol. The predicted molar refractivity (Wildman–Crippen MR) is 105 cm³/mol. The van der Waals surface area contributed by atoms with Crippen molar-refractivity contribution < 1.29 is 9.47 Å². The lowest BCUT2D eigenvalue weighted by molar-refractivity contribution is 0.354. The van der Waals surface area contributed by atoms with Crippen LogP contribution in [0.5, 0.6) is 11.5 Å². The second-order valence-corrected chi connectivity index (χ2v) is 5.90. The first-order valence-corrected chi connectivity index (χ1v) is 8.17. The van der Waals surface area contributed by atoms with E-state index in [1.165, 1.54) is 22.0 Å². The zero-order valence-electron chi connectivity index (χ0n) is 14.9. The fourth-order valence-corrected chi connectivity index (χ4v) is 3.06. The molecule has 5 heteroatoms. The van der Waals surface area contributed by atoms with Crippen LogP contribution in [0.25, 0.3) is 10.9 Å². The Balaban J connectivity index is 0.00000225. The van der Waals surface area contributed by atoms with Gasteiger partial charge in [0, 0.05) is 30.7 Å². The number of hydrogen-bond donors (Lipinski definition) is 1. The van der Waals surface area contributed by atoms with E-state index in [-0.39, 0.29) is 12.4 Å². The van der Waals surface area contributed by atoms with E-state index in [0.717, 1.165) is 31.0 Å². The Hall–Kier alpha value is -2.17. The van der Waals surface area contributed by atoms with Gasteiger partial charge in [-0.05, 0) is 42.3 Å². The van der Waals surface area contributed by atoms with Gasteiger partial charge in [-0.15, -0.1) is 12.4 Å². The van der Waals surface area contributed by atoms with Gasteiger partial charge < -0.3 is 19.4 Å². The lowest BCUT2D eigenvalue weighted by atomic mass is 10.1. The normalized spacial score (nSPS) is 10.5. The molecule has 1 aromatic heterocycles. The lowest BCUT2D eigenvalue weighted by Crippen LogP contribution is -2.16. The van der Waals surface area contributed by atoms with E-state index in [1.807, 2.05) is 12.1 Å². The summed E-state index contributed by atoms with van der Waals surface area (Å²) in [6.45, 7) is 1.79. The maximum atomic E-state index is 5.36. The minimum Gasteiger partial charge on any atom is -0.493 e. The molecule has 1 N–H and O–H groups in total. The Morgan fingerprint density at radius 3 is 2.52 bits per heavy atom. The van der Waals surface area contributed by atoms with Gasteiger partial charge in [0.25, 0.3) is 0 Å². The Bertz CT molecular complexity index is 830. The molecule has 1 heterocycles. The number of nitrogens with one attached hydrogen (secondary N) is 1. The van der Waals surface area contributed by atoms with Crippen LogP contribution in [0.15, 0.2) is 48.7 Å². The van der Waals surface area contributed by atoms with Gasteiger partial charge in [-0.25, -0.2) is 0 Å². The van der Waals surface area contributed by atoms with Gasteiger partial charge in [-0.2, -0.15) is 0 Å². The Kier molecular flexibility index (Phi) is 6.73. The first-order valence-electron chi connectivity index (χ1n) is 8.17. The van der Waals surface area contributed by atoms with Crippen molar-refractivity contribution in [3.05, 3.63) is 59.8 Å². The second-order valence-electron chi connectivity index (χ2n) is 5.90. The predicted octanol–water partition coefficient (Wildman–Crippen LogP) is 3.95. The van der Waals surface area contributed by atoms with Crippen molar-refractivity contribution in [3.8, 4) is 11.5 Å². The van der Waals surface area contributed by atoms with E-state index >= 15 is 0 Å². The quantitative estimate of drug-likeness (QED) is 0.648. The van der Waals surface area contributed by atoms with Crippen molar-refractivity contribution in [1.82, 2.24) is 9.88 Å². The summed E-state index contributed by atoms with van der Waals surface area (Å²) in [6.07, 6.45) is 3.15. The molecule has 0 atom stereocenters. The van der Waals surface area contributed by atoms with Crippen molar-refractivity contribution in [2.24, 2.45) is 7.05 Å². The first kappa shape index (κ1) is 19.2. The molecule has 25 heavy (non-hydrogen) atoms. The van der Waals surface area contributed by atoms with Crippen molar-refractivity contribution in [2.75, 3.05) is 20.8 Å². The topological polar surface area (TPSA) is 35.4 Å². The van der Waals surface area contributed by atoms with E-state index in [4.69, 9.17) is 9.47 Å². The average Bonchev–Trinajstić information content (AvgIpc) is 2.95. The lowest BCUT2D eigenvalue weighted by Gasteiger charge is -2.10. The molecule has 2 aromatic carbocycles. The minimum absolute atomic E-state index is 0. The molecule has 0 bridgehead atoms. The van der Waals surface area contributed by atoms with Crippen LogP contribution in [0.3, 0.4) is 0 Å². The van der Waals surface area contributed by atoms with Crippen LogP contribution in [-0.2, 0) is 20.0 Å². The van der Waals surface area contributed by atoms with Gasteiger partial charge in [-0.1, -0.05) is 24.3 Å². The summed E-state index contributed by atoms with van der Waals surface area (Å²) < 4.78 is 12.8. The second kappa shape index (κ2) is 8.79. The SMILES string of the molecule is COc1ccc(CCNCc2cn(C)c3ccccc23)cc1OC.Cl. The number of benzene rings is 2. The van der Waals surface area contributed by atoms with Crippen molar-refractivity contribution in [3.63, 3.8) is 0 Å². The van der Waals surface area contributed by atoms with Crippen LogP contribution in [0.1, 0.15) is 11.1 Å². The van der Waals surface area contributed by atoms with Crippen LogP contribution >= 0.6 is 12.4 Å². The molecule has 3 rings (SSSR count). The van der Waals surface area contributed by atoms with Crippen molar-refractivity contribution in [1.29, 1.82) is 0 Å². The number of aromatic nitrogens is 1. The number of hydrogen-bond acceptors (Lipinski definition) is 3. The molecule has 0 aliphatic heterocycles. The maximum Gasteiger partial charge on any atom is 0.160 e. The van der Waals surface area contributed by atoms with Crippen LogP contribution in [0, 0.1) is 0 Å². The number of nitrogens with zero attached hydrogens (tertiary/aromatic N) is 1. The molecule has 0 amide bonds. The van der Waals surface area contributed by atoms with E-state index in [1.54, 1.807) is 14.2 Å². The monoisotopic (exact) mass is 360 g/mol. The van der Waals surface area contributed by atoms with Gasteiger partial charge in [0.15, 0.2) is 11.5 Å². The average molecular weight is 361 g/mol. The number of fused-ring (bicyclic) bond motifs is 1. The highest BCUT2D eigenvalue weighted by Gasteiger charge is 2.06. The zero-order valence-corrected chi connectivity index (χ0v) is 15.7. The third kappa shape index (κ3) is 4.27. The molecule has 0 saturated carbocycles. The number of aryl methyl sites for hydroxylation is 1. The maximum absolute atomic E-state index is 5.36. The van der Waals surface area contributed by atoms with E-state index in [0.29, 0.717) is 0 Å². The minimum atomic E-state index is 0.